The lowest BCUT2D eigenvalue weighted by molar-refractivity contribution is 0.187. The molecule has 1 aromatic heterocycles. The van der Waals surface area contributed by atoms with Gasteiger partial charge in [0.05, 0.1) is 12.8 Å². The molecule has 1 rings (SSSR count). The van der Waals surface area contributed by atoms with Crippen molar-refractivity contribution in [1.29, 1.82) is 0 Å². The highest BCUT2D eigenvalue weighted by Gasteiger charge is 2.23. The number of methoxy groups -OCH3 is 1. The zero-order chi connectivity index (χ0) is 11.6. The molecule has 0 unspecified atom stereocenters. The van der Waals surface area contributed by atoms with Gasteiger partial charge < -0.3 is 4.74 Å². The van der Waals surface area contributed by atoms with Gasteiger partial charge >= 0.3 is 6.09 Å². The fraction of sp³-hybridized carbons (Fsp3) is 0.556. The van der Waals surface area contributed by atoms with Gasteiger partial charge in [0.25, 0.3) is 0 Å². The number of amides is 1. The fourth-order valence-corrected chi connectivity index (χ4v) is 1.47. The van der Waals surface area contributed by atoms with Gasteiger partial charge in [0.15, 0.2) is 5.82 Å². The zero-order valence-electron chi connectivity index (χ0n) is 9.14. The topological polar surface area (TPSA) is 67.0 Å². The van der Waals surface area contributed by atoms with Crippen molar-refractivity contribution < 1.29 is 9.53 Å². The molecule has 0 spiro atoms. The molecule has 6 heteroatoms. The molecule has 0 saturated heterocycles. The Balaban J connectivity index is 2.95. The minimum Gasteiger partial charge on any atom is -0.453 e. The number of hydrogen-bond acceptors (Lipinski definition) is 3. The van der Waals surface area contributed by atoms with Crippen molar-refractivity contribution in [2.24, 2.45) is 0 Å². The van der Waals surface area contributed by atoms with Crippen molar-refractivity contribution in [3.63, 3.8) is 0 Å². The average molecular weight is 232 g/mol. The van der Waals surface area contributed by atoms with Crippen molar-refractivity contribution >= 4 is 23.5 Å². The smallest absolute Gasteiger partial charge is 0.412 e. The zero-order valence-corrected chi connectivity index (χ0v) is 9.90. The monoisotopic (exact) mass is 231 g/mol. The lowest BCUT2D eigenvalue weighted by Crippen LogP contribution is -2.13. The second-order valence-electron chi connectivity index (χ2n) is 4.13. The Kier molecular flexibility index (Phi) is 3.24. The Morgan fingerprint density at radius 2 is 2.13 bits per heavy atom. The van der Waals surface area contributed by atoms with Gasteiger partial charge in [-0.25, -0.2) is 4.79 Å². The molecule has 0 aliphatic carbocycles. The number of aromatic nitrogens is 2. The number of nitrogens with zero attached hydrogens (tertiary/aromatic N) is 1. The van der Waals surface area contributed by atoms with E-state index in [1.165, 1.54) is 7.11 Å². The predicted molar refractivity (Wildman–Crippen MR) is 58.3 cm³/mol. The van der Waals surface area contributed by atoms with Gasteiger partial charge in [0.1, 0.15) is 5.02 Å². The Morgan fingerprint density at radius 1 is 1.53 bits per heavy atom. The Hall–Kier alpha value is -1.23. The molecular formula is C9H14ClN3O2. The first-order valence-corrected chi connectivity index (χ1v) is 4.83. The largest absolute Gasteiger partial charge is 0.453 e. The second-order valence-corrected chi connectivity index (χ2v) is 4.51. The van der Waals surface area contributed by atoms with Crippen LogP contribution in [0.15, 0.2) is 0 Å². The number of aromatic amines is 1. The van der Waals surface area contributed by atoms with Crippen LogP contribution in [-0.4, -0.2) is 23.4 Å². The Labute approximate surface area is 93.1 Å². The molecule has 84 valence electrons. The van der Waals surface area contributed by atoms with E-state index in [4.69, 9.17) is 11.6 Å². The minimum atomic E-state index is -0.594. The molecule has 0 aliphatic rings. The molecule has 0 radical (unpaired) electrons. The van der Waals surface area contributed by atoms with E-state index in [1.54, 1.807) is 0 Å². The summed E-state index contributed by atoms with van der Waals surface area (Å²) in [5.41, 5.74) is 0.621. The first-order valence-electron chi connectivity index (χ1n) is 4.45. The average Bonchev–Trinajstić information content (AvgIpc) is 2.47. The van der Waals surface area contributed by atoms with Gasteiger partial charge in [-0.2, -0.15) is 5.10 Å². The summed E-state index contributed by atoms with van der Waals surface area (Å²) in [6.07, 6.45) is -0.594. The van der Waals surface area contributed by atoms with Gasteiger partial charge in [-0.1, -0.05) is 32.4 Å². The molecule has 0 fully saturated rings. The van der Waals surface area contributed by atoms with Crippen LogP contribution in [0.25, 0.3) is 0 Å². The van der Waals surface area contributed by atoms with E-state index in [2.05, 4.69) is 20.3 Å². The van der Waals surface area contributed by atoms with Crippen LogP contribution in [0.2, 0.25) is 5.02 Å². The standard InChI is InChI=1S/C9H14ClN3O2/c1-9(2,3)6-5(10)7(13-12-6)11-8(14)15-4/h1-4H3,(H2,11,12,13,14). The highest BCUT2D eigenvalue weighted by atomic mass is 35.5. The van der Waals surface area contributed by atoms with E-state index in [-0.39, 0.29) is 11.2 Å². The Morgan fingerprint density at radius 3 is 2.53 bits per heavy atom. The van der Waals surface area contributed by atoms with Gasteiger partial charge in [-0.15, -0.1) is 0 Å². The lowest BCUT2D eigenvalue weighted by atomic mass is 9.92. The summed E-state index contributed by atoms with van der Waals surface area (Å²) in [5.74, 6) is 0.286. The molecule has 0 atom stereocenters. The number of rotatable bonds is 1. The summed E-state index contributed by atoms with van der Waals surface area (Å²) in [6.45, 7) is 5.98. The molecule has 0 bridgehead atoms. The van der Waals surface area contributed by atoms with Crippen molar-refractivity contribution in [2.45, 2.75) is 26.2 Å². The number of anilines is 1. The maximum absolute atomic E-state index is 10.9. The number of ether oxygens (including phenoxy) is 1. The van der Waals surface area contributed by atoms with Crippen LogP contribution in [-0.2, 0) is 10.2 Å². The van der Waals surface area contributed by atoms with Crippen LogP contribution >= 0.6 is 11.6 Å². The van der Waals surface area contributed by atoms with Crippen molar-refractivity contribution in [2.75, 3.05) is 12.4 Å². The van der Waals surface area contributed by atoms with E-state index in [1.807, 2.05) is 20.8 Å². The van der Waals surface area contributed by atoms with Crippen LogP contribution in [0.1, 0.15) is 26.5 Å². The molecule has 1 heterocycles. The first kappa shape index (κ1) is 11.8. The summed E-state index contributed by atoms with van der Waals surface area (Å²) >= 11 is 6.05. The second kappa shape index (κ2) is 4.10. The SMILES string of the molecule is COC(=O)Nc1n[nH]c(C(C)(C)C)c1Cl. The lowest BCUT2D eigenvalue weighted by Gasteiger charge is -2.16. The van der Waals surface area contributed by atoms with Crippen molar-refractivity contribution in [1.82, 2.24) is 10.2 Å². The maximum atomic E-state index is 10.9. The van der Waals surface area contributed by atoms with Gasteiger partial charge in [-0.3, -0.25) is 10.4 Å². The number of H-pyrrole nitrogens is 1. The maximum Gasteiger partial charge on any atom is 0.412 e. The molecule has 2 N–H and O–H groups in total. The molecule has 0 aliphatic heterocycles. The molecule has 5 nitrogen and oxygen atoms in total. The third kappa shape index (κ3) is 2.62. The van der Waals surface area contributed by atoms with Crippen LogP contribution in [0, 0.1) is 0 Å². The quantitative estimate of drug-likeness (QED) is 0.781. The number of hydrogen-bond donors (Lipinski definition) is 2. The van der Waals surface area contributed by atoms with Gasteiger partial charge in [-0.05, 0) is 0 Å². The molecule has 1 aromatic rings. The predicted octanol–water partition coefficient (Wildman–Crippen LogP) is 2.54. The fourth-order valence-electron chi connectivity index (χ4n) is 1.06. The van der Waals surface area contributed by atoms with E-state index in [0.717, 1.165) is 5.69 Å². The minimum absolute atomic E-state index is 0.153. The van der Waals surface area contributed by atoms with Crippen molar-refractivity contribution in [3.05, 3.63) is 10.7 Å². The van der Waals surface area contributed by atoms with Crippen LogP contribution in [0.5, 0.6) is 0 Å². The summed E-state index contributed by atoms with van der Waals surface area (Å²) in [7, 11) is 1.28. The van der Waals surface area contributed by atoms with E-state index >= 15 is 0 Å². The van der Waals surface area contributed by atoms with Crippen LogP contribution in [0.4, 0.5) is 10.6 Å². The molecular weight excluding hydrogens is 218 g/mol. The summed E-state index contributed by atoms with van der Waals surface area (Å²) in [4.78, 5) is 10.9. The molecule has 15 heavy (non-hydrogen) atoms. The molecule has 0 aromatic carbocycles. The van der Waals surface area contributed by atoms with E-state index in [0.29, 0.717) is 5.02 Å². The summed E-state index contributed by atoms with van der Waals surface area (Å²) < 4.78 is 4.44. The van der Waals surface area contributed by atoms with E-state index < -0.39 is 6.09 Å². The first-order chi connectivity index (χ1) is 6.86. The Bertz CT molecular complexity index is 368. The normalized spacial score (nSPS) is 11.3. The van der Waals surface area contributed by atoms with Gasteiger partial charge in [0.2, 0.25) is 0 Å². The summed E-state index contributed by atoms with van der Waals surface area (Å²) in [6, 6.07) is 0. The third-order valence-corrected chi connectivity index (χ3v) is 2.23. The number of carbonyl (C=O) groups is 1. The van der Waals surface area contributed by atoms with Crippen LogP contribution in [0.3, 0.4) is 0 Å². The highest BCUT2D eigenvalue weighted by Crippen LogP contribution is 2.32. The molecule has 0 saturated carbocycles. The number of nitrogens with one attached hydrogen (secondary N) is 2. The van der Waals surface area contributed by atoms with Crippen molar-refractivity contribution in [3.8, 4) is 0 Å². The molecule has 1 amide bonds. The van der Waals surface area contributed by atoms with Crippen LogP contribution < -0.4 is 5.32 Å². The number of halogens is 1. The summed E-state index contributed by atoms with van der Waals surface area (Å²) in [5, 5.41) is 9.52. The van der Waals surface area contributed by atoms with E-state index in [9.17, 15) is 4.79 Å². The number of carbonyl (C=O) groups excluding carboxylic acids is 1. The third-order valence-electron chi connectivity index (χ3n) is 1.86. The van der Waals surface area contributed by atoms with Gasteiger partial charge in [0, 0.05) is 5.41 Å². The highest BCUT2D eigenvalue weighted by molar-refractivity contribution is 6.34.